The number of anilines is 3. The molecule has 2 aromatic carbocycles. The first-order valence-corrected chi connectivity index (χ1v) is 9.63. The molecule has 0 bridgehead atoms. The molecule has 0 atom stereocenters. The molecule has 1 amide bonds. The van der Waals surface area contributed by atoms with Crippen LogP contribution in [0.4, 0.5) is 16.5 Å². The van der Waals surface area contributed by atoms with Crippen molar-refractivity contribution in [2.45, 2.75) is 6.92 Å². The number of para-hydroxylation sites is 1. The second-order valence-corrected chi connectivity index (χ2v) is 7.33. The quantitative estimate of drug-likeness (QED) is 0.601. The van der Waals surface area contributed by atoms with Gasteiger partial charge in [0.2, 0.25) is 0 Å². The number of carbonyl (C=O) groups excluding carboxylic acids is 1. The largest absolute Gasteiger partial charge is 0.495 e. The lowest BCUT2D eigenvalue weighted by Crippen LogP contribution is -2.12. The smallest absolute Gasteiger partial charge is 0.267 e. The van der Waals surface area contributed by atoms with E-state index in [9.17, 15) is 4.79 Å². The first-order valence-electron chi connectivity index (χ1n) is 8.43. The molecule has 6 nitrogen and oxygen atoms in total. The van der Waals surface area contributed by atoms with Crippen molar-refractivity contribution in [2.75, 3.05) is 31.5 Å². The maximum atomic E-state index is 12.9. The van der Waals surface area contributed by atoms with Crippen LogP contribution in [0.25, 0.3) is 0 Å². The van der Waals surface area contributed by atoms with Crippen LogP contribution in [0.15, 0.2) is 42.5 Å². The lowest BCUT2D eigenvalue weighted by molar-refractivity contribution is 0.102. The van der Waals surface area contributed by atoms with Crippen LogP contribution < -0.4 is 19.7 Å². The van der Waals surface area contributed by atoms with Gasteiger partial charge in [0.15, 0.2) is 5.13 Å². The lowest BCUT2D eigenvalue weighted by atomic mass is 10.2. The minimum absolute atomic E-state index is 0.273. The third kappa shape index (κ3) is 4.05. The summed E-state index contributed by atoms with van der Waals surface area (Å²) in [6.07, 6.45) is 0. The van der Waals surface area contributed by atoms with Crippen molar-refractivity contribution in [3.8, 4) is 11.5 Å². The number of ether oxygens (including phenoxy) is 2. The molecule has 0 radical (unpaired) electrons. The number of methoxy groups -OCH3 is 2. The number of amides is 1. The molecule has 0 aliphatic heterocycles. The Hall–Kier alpha value is -2.77. The fourth-order valence-corrected chi connectivity index (χ4v) is 3.81. The van der Waals surface area contributed by atoms with Gasteiger partial charge in [-0.15, -0.1) is 0 Å². The average Bonchev–Trinajstić information content (AvgIpc) is 3.10. The first-order chi connectivity index (χ1) is 13.4. The Morgan fingerprint density at radius 1 is 1.14 bits per heavy atom. The van der Waals surface area contributed by atoms with Crippen molar-refractivity contribution in [3.05, 3.63) is 58.1 Å². The molecule has 0 saturated carbocycles. The van der Waals surface area contributed by atoms with Gasteiger partial charge in [-0.3, -0.25) is 4.79 Å². The lowest BCUT2D eigenvalue weighted by Gasteiger charge is -2.15. The number of aromatic nitrogens is 1. The second-order valence-electron chi connectivity index (χ2n) is 5.95. The molecule has 0 saturated heterocycles. The van der Waals surface area contributed by atoms with Gasteiger partial charge in [-0.1, -0.05) is 41.1 Å². The standard InChI is InChI=1S/C20H20ClN3O3S/c1-12-18(28-20(22-12)24(2)13-8-6-5-7-9-13)19(25)23-15-11-16(26-3)14(21)10-17(15)27-4/h5-11H,1-4H3,(H,23,25). The highest BCUT2D eigenvalue weighted by Gasteiger charge is 2.20. The Morgan fingerprint density at radius 3 is 2.46 bits per heavy atom. The third-order valence-electron chi connectivity index (χ3n) is 4.14. The molecule has 146 valence electrons. The Labute approximate surface area is 172 Å². The number of carbonyl (C=O) groups is 1. The number of thiazole rings is 1. The molecule has 8 heteroatoms. The van der Waals surface area contributed by atoms with Crippen molar-refractivity contribution in [3.63, 3.8) is 0 Å². The number of halogens is 1. The summed E-state index contributed by atoms with van der Waals surface area (Å²) in [7, 11) is 4.94. The summed E-state index contributed by atoms with van der Waals surface area (Å²) < 4.78 is 10.5. The van der Waals surface area contributed by atoms with Crippen LogP contribution in [-0.2, 0) is 0 Å². The zero-order valence-electron chi connectivity index (χ0n) is 15.9. The minimum Gasteiger partial charge on any atom is -0.495 e. The monoisotopic (exact) mass is 417 g/mol. The summed E-state index contributed by atoms with van der Waals surface area (Å²) >= 11 is 7.45. The predicted molar refractivity (Wildman–Crippen MR) is 114 cm³/mol. The Bertz CT molecular complexity index is 992. The maximum Gasteiger partial charge on any atom is 0.267 e. The molecule has 28 heavy (non-hydrogen) atoms. The van der Waals surface area contributed by atoms with Gasteiger partial charge >= 0.3 is 0 Å². The molecule has 3 rings (SSSR count). The topological polar surface area (TPSA) is 63.7 Å². The Morgan fingerprint density at radius 2 is 1.82 bits per heavy atom. The highest BCUT2D eigenvalue weighted by atomic mass is 35.5. The van der Waals surface area contributed by atoms with E-state index in [4.69, 9.17) is 21.1 Å². The highest BCUT2D eigenvalue weighted by molar-refractivity contribution is 7.17. The van der Waals surface area contributed by atoms with Crippen LogP contribution in [-0.4, -0.2) is 32.2 Å². The molecular weight excluding hydrogens is 398 g/mol. The van der Waals surface area contributed by atoms with E-state index >= 15 is 0 Å². The van der Waals surface area contributed by atoms with E-state index in [2.05, 4.69) is 10.3 Å². The fraction of sp³-hybridized carbons (Fsp3) is 0.200. The molecule has 0 aliphatic rings. The summed E-state index contributed by atoms with van der Waals surface area (Å²) in [6.45, 7) is 1.81. The van der Waals surface area contributed by atoms with Gasteiger partial charge in [0, 0.05) is 24.9 Å². The molecule has 0 fully saturated rings. The van der Waals surface area contributed by atoms with E-state index in [0.29, 0.717) is 32.8 Å². The van der Waals surface area contributed by atoms with E-state index in [1.54, 1.807) is 12.1 Å². The van der Waals surface area contributed by atoms with Gasteiger partial charge in [0.25, 0.3) is 5.91 Å². The van der Waals surface area contributed by atoms with Crippen molar-refractivity contribution in [1.82, 2.24) is 4.98 Å². The zero-order valence-corrected chi connectivity index (χ0v) is 17.5. The van der Waals surface area contributed by atoms with Crippen LogP contribution in [0, 0.1) is 6.92 Å². The van der Waals surface area contributed by atoms with Gasteiger partial charge in [-0.05, 0) is 19.1 Å². The molecule has 1 heterocycles. The third-order valence-corrected chi connectivity index (χ3v) is 5.67. The van der Waals surface area contributed by atoms with E-state index < -0.39 is 0 Å². The summed E-state index contributed by atoms with van der Waals surface area (Å²) in [5.41, 5.74) is 2.12. The average molecular weight is 418 g/mol. The number of hydrogen-bond acceptors (Lipinski definition) is 6. The number of nitrogens with one attached hydrogen (secondary N) is 1. The maximum absolute atomic E-state index is 12.9. The Kier molecular flexibility index (Phi) is 6.06. The van der Waals surface area contributed by atoms with Crippen molar-refractivity contribution >= 4 is 45.4 Å². The highest BCUT2D eigenvalue weighted by Crippen LogP contribution is 2.37. The minimum atomic E-state index is -0.273. The van der Waals surface area contributed by atoms with Gasteiger partial charge in [-0.25, -0.2) is 4.98 Å². The SMILES string of the molecule is COc1cc(NC(=O)c2sc(N(C)c3ccccc3)nc2C)c(OC)cc1Cl. The van der Waals surface area contributed by atoms with Crippen LogP contribution in [0.5, 0.6) is 11.5 Å². The normalized spacial score (nSPS) is 10.5. The van der Waals surface area contributed by atoms with Crippen LogP contribution in [0.1, 0.15) is 15.4 Å². The second kappa shape index (κ2) is 8.50. The van der Waals surface area contributed by atoms with E-state index in [1.165, 1.54) is 25.6 Å². The predicted octanol–water partition coefficient (Wildman–Crippen LogP) is 5.14. The van der Waals surface area contributed by atoms with Gasteiger partial charge in [-0.2, -0.15) is 0 Å². The summed E-state index contributed by atoms with van der Waals surface area (Å²) in [4.78, 5) is 19.9. The van der Waals surface area contributed by atoms with Crippen LogP contribution >= 0.6 is 22.9 Å². The van der Waals surface area contributed by atoms with Gasteiger partial charge < -0.3 is 19.7 Å². The molecule has 1 N–H and O–H groups in total. The first kappa shape index (κ1) is 20.0. The molecule has 0 aliphatic carbocycles. The van der Waals surface area contributed by atoms with E-state index in [-0.39, 0.29) is 5.91 Å². The number of nitrogens with zero attached hydrogens (tertiary/aromatic N) is 2. The summed E-state index contributed by atoms with van der Waals surface area (Å²) in [6, 6.07) is 13.1. The van der Waals surface area contributed by atoms with E-state index in [1.807, 2.05) is 49.2 Å². The van der Waals surface area contributed by atoms with E-state index in [0.717, 1.165) is 10.8 Å². The number of hydrogen-bond donors (Lipinski definition) is 1. The van der Waals surface area contributed by atoms with Crippen molar-refractivity contribution in [2.24, 2.45) is 0 Å². The fourth-order valence-electron chi connectivity index (χ4n) is 2.64. The van der Waals surface area contributed by atoms with Gasteiger partial charge in [0.05, 0.1) is 30.6 Å². The number of benzene rings is 2. The zero-order chi connectivity index (χ0) is 20.3. The van der Waals surface area contributed by atoms with Crippen LogP contribution in [0.3, 0.4) is 0 Å². The molecule has 1 aromatic heterocycles. The van der Waals surface area contributed by atoms with Gasteiger partial charge in [0.1, 0.15) is 16.4 Å². The molecule has 3 aromatic rings. The molecular formula is C20H20ClN3O3S. The van der Waals surface area contributed by atoms with Crippen molar-refractivity contribution in [1.29, 1.82) is 0 Å². The molecule has 0 unspecified atom stereocenters. The van der Waals surface area contributed by atoms with Crippen LogP contribution in [0.2, 0.25) is 5.02 Å². The number of rotatable bonds is 6. The summed E-state index contributed by atoms with van der Waals surface area (Å²) in [5.74, 6) is 0.622. The van der Waals surface area contributed by atoms with Crippen molar-refractivity contribution < 1.29 is 14.3 Å². The number of aryl methyl sites for hydroxylation is 1. The molecule has 0 spiro atoms. The summed E-state index contributed by atoms with van der Waals surface area (Å²) in [5, 5.41) is 3.99. The Balaban J connectivity index is 1.87.